The highest BCUT2D eigenvalue weighted by Crippen LogP contribution is 2.54. The molecule has 0 aliphatic heterocycles. The van der Waals surface area contributed by atoms with Crippen LogP contribution in [0, 0.1) is 34.5 Å². The number of rotatable bonds is 5. The molecule has 0 aromatic rings. The average molecular weight is 261 g/mol. The van der Waals surface area contributed by atoms with Crippen molar-refractivity contribution in [2.45, 2.75) is 84.5 Å². The van der Waals surface area contributed by atoms with E-state index in [0.717, 1.165) is 17.8 Å². The van der Waals surface area contributed by atoms with Crippen molar-refractivity contribution in [3.63, 3.8) is 0 Å². The molecule has 1 nitrogen and oxygen atoms in total. The molecule has 0 spiro atoms. The van der Waals surface area contributed by atoms with Gasteiger partial charge in [-0.05, 0) is 49.9 Å². The summed E-state index contributed by atoms with van der Waals surface area (Å²) in [6.45, 7) is 4.58. The van der Waals surface area contributed by atoms with Crippen LogP contribution in [0.15, 0.2) is 0 Å². The van der Waals surface area contributed by atoms with Gasteiger partial charge in [-0.3, -0.25) is 0 Å². The van der Waals surface area contributed by atoms with Crippen molar-refractivity contribution in [2.75, 3.05) is 0 Å². The minimum absolute atomic E-state index is 0.0703. The molecule has 2 aliphatic rings. The third-order valence-corrected chi connectivity index (χ3v) is 5.86. The van der Waals surface area contributed by atoms with Crippen molar-refractivity contribution in [1.82, 2.24) is 0 Å². The maximum absolute atomic E-state index is 9.79. The molecule has 0 radical (unpaired) electrons. The fourth-order valence-electron chi connectivity index (χ4n) is 4.73. The zero-order valence-electron chi connectivity index (χ0n) is 13.0. The van der Waals surface area contributed by atoms with Gasteiger partial charge in [0.05, 0.1) is 11.5 Å². The van der Waals surface area contributed by atoms with Crippen LogP contribution >= 0.6 is 0 Å². The van der Waals surface area contributed by atoms with Gasteiger partial charge < -0.3 is 0 Å². The third kappa shape index (κ3) is 3.33. The highest BCUT2D eigenvalue weighted by Gasteiger charge is 2.47. The van der Waals surface area contributed by atoms with E-state index in [2.05, 4.69) is 19.9 Å². The molecule has 0 bridgehead atoms. The van der Waals surface area contributed by atoms with Gasteiger partial charge >= 0.3 is 0 Å². The summed E-state index contributed by atoms with van der Waals surface area (Å²) in [7, 11) is 0. The lowest BCUT2D eigenvalue weighted by atomic mass is 9.55. The minimum atomic E-state index is 0.0703. The van der Waals surface area contributed by atoms with Crippen LogP contribution in [0.4, 0.5) is 0 Å². The summed E-state index contributed by atoms with van der Waals surface area (Å²) in [5.74, 6) is 2.49. The van der Waals surface area contributed by atoms with Crippen LogP contribution in [0.5, 0.6) is 0 Å². The van der Waals surface area contributed by atoms with E-state index < -0.39 is 0 Å². The Morgan fingerprint density at radius 3 is 2.58 bits per heavy atom. The zero-order valence-corrected chi connectivity index (χ0v) is 13.0. The van der Waals surface area contributed by atoms with Crippen molar-refractivity contribution in [2.24, 2.45) is 23.2 Å². The first-order valence-electron chi connectivity index (χ1n) is 8.65. The monoisotopic (exact) mass is 261 g/mol. The van der Waals surface area contributed by atoms with Crippen LogP contribution in [0.25, 0.3) is 0 Å². The summed E-state index contributed by atoms with van der Waals surface area (Å²) in [5.41, 5.74) is 0.0703. The van der Waals surface area contributed by atoms with E-state index in [-0.39, 0.29) is 5.41 Å². The second kappa shape index (κ2) is 6.78. The molecule has 4 unspecified atom stereocenters. The Kier molecular flexibility index (Phi) is 5.31. The van der Waals surface area contributed by atoms with E-state index in [4.69, 9.17) is 0 Å². The second-order valence-electron chi connectivity index (χ2n) is 7.18. The number of hydrogen-bond donors (Lipinski definition) is 0. The third-order valence-electron chi connectivity index (χ3n) is 5.86. The van der Waals surface area contributed by atoms with Crippen molar-refractivity contribution in [3.05, 3.63) is 0 Å². The standard InChI is InChI=1S/C18H31N/c1-3-5-7-16-8-9-17-12-15(6-4-2)10-11-18(17,13-16)14-19/h15-17H,3-13H2,1-2H3. The molecule has 4 atom stereocenters. The molecule has 2 saturated carbocycles. The lowest BCUT2D eigenvalue weighted by molar-refractivity contribution is 0.0371. The van der Waals surface area contributed by atoms with Gasteiger partial charge in [-0.2, -0.15) is 5.26 Å². The second-order valence-corrected chi connectivity index (χ2v) is 7.18. The first kappa shape index (κ1) is 14.9. The van der Waals surface area contributed by atoms with Crippen molar-refractivity contribution in [3.8, 4) is 6.07 Å². The Hall–Kier alpha value is -0.510. The number of fused-ring (bicyclic) bond motifs is 1. The lowest BCUT2D eigenvalue weighted by Gasteiger charge is -2.48. The Labute approximate surface area is 119 Å². The smallest absolute Gasteiger partial charge is 0.0692 e. The summed E-state index contributed by atoms with van der Waals surface area (Å²) < 4.78 is 0. The average Bonchev–Trinajstić information content (AvgIpc) is 2.45. The van der Waals surface area contributed by atoms with Gasteiger partial charge in [0.2, 0.25) is 0 Å². The quantitative estimate of drug-likeness (QED) is 0.622. The van der Waals surface area contributed by atoms with E-state index in [0.29, 0.717) is 0 Å². The summed E-state index contributed by atoms with van der Waals surface area (Å²) >= 11 is 0. The van der Waals surface area contributed by atoms with Crippen LogP contribution < -0.4 is 0 Å². The fourth-order valence-corrected chi connectivity index (χ4v) is 4.73. The fraction of sp³-hybridized carbons (Fsp3) is 0.944. The number of nitrogens with zero attached hydrogens (tertiary/aromatic N) is 1. The van der Waals surface area contributed by atoms with Crippen LogP contribution in [-0.4, -0.2) is 0 Å². The predicted molar refractivity (Wildman–Crippen MR) is 80.7 cm³/mol. The first-order chi connectivity index (χ1) is 9.24. The van der Waals surface area contributed by atoms with Gasteiger partial charge in [-0.15, -0.1) is 0 Å². The van der Waals surface area contributed by atoms with Crippen molar-refractivity contribution in [1.29, 1.82) is 5.26 Å². The molecule has 0 aromatic carbocycles. The van der Waals surface area contributed by atoms with Crippen molar-refractivity contribution >= 4 is 0 Å². The minimum Gasteiger partial charge on any atom is -0.198 e. The van der Waals surface area contributed by atoms with Gasteiger partial charge in [0.15, 0.2) is 0 Å². The van der Waals surface area contributed by atoms with Crippen LogP contribution in [0.2, 0.25) is 0 Å². The SMILES string of the molecule is CCCCC1CCC2CC(CCC)CCC2(C#N)C1. The molecule has 108 valence electrons. The Morgan fingerprint density at radius 2 is 1.89 bits per heavy atom. The predicted octanol–water partition coefficient (Wildman–Crippen LogP) is 5.70. The molecule has 2 rings (SSSR count). The van der Waals surface area contributed by atoms with Crippen LogP contribution in [0.1, 0.15) is 84.5 Å². The number of unbranched alkanes of at least 4 members (excludes halogenated alkanes) is 1. The van der Waals surface area contributed by atoms with Gasteiger partial charge in [0.25, 0.3) is 0 Å². The lowest BCUT2D eigenvalue weighted by Crippen LogP contribution is -2.40. The summed E-state index contributed by atoms with van der Waals surface area (Å²) in [6, 6.07) is 2.79. The molecular formula is C18H31N. The first-order valence-corrected chi connectivity index (χ1v) is 8.65. The number of nitriles is 1. The molecule has 2 aliphatic carbocycles. The summed E-state index contributed by atoms with van der Waals surface area (Å²) in [6.07, 6.45) is 14.5. The maximum atomic E-state index is 9.79. The van der Waals surface area contributed by atoms with E-state index in [9.17, 15) is 5.26 Å². The molecule has 0 heterocycles. The maximum Gasteiger partial charge on any atom is 0.0692 e. The molecule has 19 heavy (non-hydrogen) atoms. The van der Waals surface area contributed by atoms with E-state index in [1.54, 1.807) is 0 Å². The van der Waals surface area contributed by atoms with Crippen LogP contribution in [-0.2, 0) is 0 Å². The Balaban J connectivity index is 1.97. The zero-order chi connectivity index (χ0) is 13.7. The molecule has 0 saturated heterocycles. The highest BCUT2D eigenvalue weighted by atomic mass is 14.5. The Bertz CT molecular complexity index is 316. The van der Waals surface area contributed by atoms with E-state index >= 15 is 0 Å². The molecule has 1 heteroatoms. The van der Waals surface area contributed by atoms with Gasteiger partial charge in [-0.1, -0.05) is 52.4 Å². The molecular weight excluding hydrogens is 230 g/mol. The van der Waals surface area contributed by atoms with Crippen molar-refractivity contribution < 1.29 is 0 Å². The molecule has 0 N–H and O–H groups in total. The Morgan fingerprint density at radius 1 is 1.05 bits per heavy atom. The largest absolute Gasteiger partial charge is 0.198 e. The van der Waals surface area contributed by atoms with E-state index in [1.807, 2.05) is 0 Å². The summed E-state index contributed by atoms with van der Waals surface area (Å²) in [5, 5.41) is 9.79. The normalized spacial score (nSPS) is 38.5. The topological polar surface area (TPSA) is 23.8 Å². The van der Waals surface area contributed by atoms with Gasteiger partial charge in [0, 0.05) is 0 Å². The summed E-state index contributed by atoms with van der Waals surface area (Å²) in [4.78, 5) is 0. The highest BCUT2D eigenvalue weighted by molar-refractivity contribution is 5.08. The molecule has 2 fully saturated rings. The van der Waals surface area contributed by atoms with E-state index in [1.165, 1.54) is 70.6 Å². The van der Waals surface area contributed by atoms with Gasteiger partial charge in [0.1, 0.15) is 0 Å². The number of hydrogen-bond acceptors (Lipinski definition) is 1. The van der Waals surface area contributed by atoms with Gasteiger partial charge in [-0.25, -0.2) is 0 Å². The molecule has 0 aromatic heterocycles. The molecule has 0 amide bonds. The van der Waals surface area contributed by atoms with Crippen LogP contribution in [0.3, 0.4) is 0 Å².